The number of carbonyl (C=O) groups excluding carboxylic acids is 2. The number of hydrogen-bond acceptors (Lipinski definition) is 4. The number of amides is 2. The van der Waals surface area contributed by atoms with Crippen LogP contribution in [0.15, 0.2) is 48.5 Å². The van der Waals surface area contributed by atoms with Crippen LogP contribution in [0.3, 0.4) is 0 Å². The Morgan fingerprint density at radius 2 is 1.59 bits per heavy atom. The highest BCUT2D eigenvalue weighted by Gasteiger charge is 2.47. The molecule has 2 fully saturated rings. The van der Waals surface area contributed by atoms with Crippen molar-refractivity contribution in [3.05, 3.63) is 59.7 Å². The van der Waals surface area contributed by atoms with Gasteiger partial charge in [0.2, 0.25) is 5.91 Å². The molecule has 166 valence electrons. The molecule has 5 rings (SSSR count). The van der Waals surface area contributed by atoms with Crippen LogP contribution in [0, 0.1) is 5.92 Å². The summed E-state index contributed by atoms with van der Waals surface area (Å²) in [5, 5.41) is 14.8. The Balaban J connectivity index is 1.18. The zero-order chi connectivity index (χ0) is 22.3. The highest BCUT2D eigenvalue weighted by Crippen LogP contribution is 2.45. The zero-order valence-corrected chi connectivity index (χ0v) is 17.7. The summed E-state index contributed by atoms with van der Waals surface area (Å²) in [6, 6.07) is 15.4. The van der Waals surface area contributed by atoms with Crippen molar-refractivity contribution in [1.82, 2.24) is 10.6 Å². The van der Waals surface area contributed by atoms with Crippen LogP contribution in [0.4, 0.5) is 4.79 Å². The van der Waals surface area contributed by atoms with E-state index in [0.29, 0.717) is 12.8 Å². The summed E-state index contributed by atoms with van der Waals surface area (Å²) < 4.78 is 5.59. The average Bonchev–Trinajstić information content (AvgIpc) is 3.70. The van der Waals surface area contributed by atoms with E-state index in [1.807, 2.05) is 24.3 Å². The minimum Gasteiger partial charge on any atom is -0.480 e. The topological polar surface area (TPSA) is 105 Å². The number of nitrogens with one attached hydrogen (secondary N) is 2. The predicted molar refractivity (Wildman–Crippen MR) is 117 cm³/mol. The first-order chi connectivity index (χ1) is 15.5. The van der Waals surface area contributed by atoms with E-state index in [4.69, 9.17) is 4.74 Å². The van der Waals surface area contributed by atoms with Crippen LogP contribution in [-0.4, -0.2) is 41.3 Å². The molecule has 3 aliphatic carbocycles. The summed E-state index contributed by atoms with van der Waals surface area (Å²) in [7, 11) is 0. The number of alkyl carbamates (subject to hydrolysis) is 1. The SMILES string of the molecule is O=C(CC1(NC(=O)OCC2c3ccccc3-c3ccccc32)CC1)NC(C(=O)O)C1CC1. The highest BCUT2D eigenvalue weighted by molar-refractivity contribution is 5.85. The number of carboxylic acid groups (broad SMARTS) is 1. The number of ether oxygens (including phenoxy) is 1. The molecule has 0 heterocycles. The van der Waals surface area contributed by atoms with Gasteiger partial charge in [-0.25, -0.2) is 9.59 Å². The summed E-state index contributed by atoms with van der Waals surface area (Å²) >= 11 is 0. The van der Waals surface area contributed by atoms with Crippen LogP contribution >= 0.6 is 0 Å². The van der Waals surface area contributed by atoms with Crippen LogP contribution in [0.1, 0.15) is 49.1 Å². The molecule has 1 atom stereocenters. The van der Waals surface area contributed by atoms with Crippen molar-refractivity contribution >= 4 is 18.0 Å². The van der Waals surface area contributed by atoms with Gasteiger partial charge in [0.25, 0.3) is 0 Å². The van der Waals surface area contributed by atoms with E-state index in [2.05, 4.69) is 34.9 Å². The zero-order valence-electron chi connectivity index (χ0n) is 17.7. The first-order valence-corrected chi connectivity index (χ1v) is 11.1. The molecule has 32 heavy (non-hydrogen) atoms. The predicted octanol–water partition coefficient (Wildman–Crippen LogP) is 3.43. The second-order valence-electron chi connectivity index (χ2n) is 9.13. The number of aliphatic carboxylic acids is 1. The Hall–Kier alpha value is -3.35. The van der Waals surface area contributed by atoms with Crippen molar-refractivity contribution in [2.75, 3.05) is 6.61 Å². The van der Waals surface area contributed by atoms with Crippen LogP contribution in [0.5, 0.6) is 0 Å². The lowest BCUT2D eigenvalue weighted by molar-refractivity contribution is -0.142. The minimum absolute atomic E-state index is 0.0155. The van der Waals surface area contributed by atoms with Crippen LogP contribution in [0.25, 0.3) is 11.1 Å². The molecule has 3 aliphatic rings. The van der Waals surface area contributed by atoms with Crippen molar-refractivity contribution in [2.45, 2.75) is 49.6 Å². The molecule has 0 aliphatic heterocycles. The lowest BCUT2D eigenvalue weighted by Gasteiger charge is -2.20. The molecular formula is C25H26N2O5. The first-order valence-electron chi connectivity index (χ1n) is 11.1. The summed E-state index contributed by atoms with van der Waals surface area (Å²) in [6.07, 6.45) is 2.50. The van der Waals surface area contributed by atoms with E-state index in [0.717, 1.165) is 35.1 Å². The molecule has 2 aromatic rings. The Morgan fingerprint density at radius 1 is 1.00 bits per heavy atom. The maximum absolute atomic E-state index is 12.6. The standard InChI is InChI=1S/C25H26N2O5/c28-21(26-22(23(29)30)15-9-10-15)13-25(11-12-25)27-24(31)32-14-20-18-7-3-1-5-16(18)17-6-2-4-8-19(17)20/h1-8,15,20,22H,9-14H2,(H,26,28)(H,27,31)(H,29,30). The monoisotopic (exact) mass is 434 g/mol. The summed E-state index contributed by atoms with van der Waals surface area (Å²) in [5.74, 6) is -1.36. The van der Waals surface area contributed by atoms with E-state index >= 15 is 0 Å². The van der Waals surface area contributed by atoms with Gasteiger partial charge in [0.15, 0.2) is 0 Å². The molecule has 0 spiro atoms. The number of rotatable bonds is 8. The maximum Gasteiger partial charge on any atom is 0.407 e. The Kier molecular flexibility index (Phi) is 5.12. The molecule has 3 N–H and O–H groups in total. The van der Waals surface area contributed by atoms with Gasteiger partial charge < -0.3 is 20.5 Å². The van der Waals surface area contributed by atoms with E-state index in [1.165, 1.54) is 0 Å². The summed E-state index contributed by atoms with van der Waals surface area (Å²) in [6.45, 7) is 0.213. The van der Waals surface area contributed by atoms with Crippen molar-refractivity contribution in [3.8, 4) is 11.1 Å². The van der Waals surface area contributed by atoms with Crippen molar-refractivity contribution in [2.24, 2.45) is 5.92 Å². The van der Waals surface area contributed by atoms with Crippen LogP contribution in [0.2, 0.25) is 0 Å². The van der Waals surface area contributed by atoms with E-state index in [-0.39, 0.29) is 30.8 Å². The fourth-order valence-corrected chi connectivity index (χ4v) is 4.69. The second kappa shape index (κ2) is 7.97. The number of hydrogen-bond donors (Lipinski definition) is 3. The van der Waals surface area contributed by atoms with Crippen molar-refractivity contribution < 1.29 is 24.2 Å². The number of carbonyl (C=O) groups is 3. The van der Waals surface area contributed by atoms with Crippen molar-refractivity contribution in [3.63, 3.8) is 0 Å². The van der Waals surface area contributed by atoms with Gasteiger partial charge in [-0.2, -0.15) is 0 Å². The fourth-order valence-electron chi connectivity index (χ4n) is 4.69. The third-order valence-corrected chi connectivity index (χ3v) is 6.74. The molecule has 2 aromatic carbocycles. The smallest absolute Gasteiger partial charge is 0.407 e. The van der Waals surface area contributed by atoms with Gasteiger partial charge in [-0.05, 0) is 53.9 Å². The molecule has 0 saturated heterocycles. The van der Waals surface area contributed by atoms with Crippen molar-refractivity contribution in [1.29, 1.82) is 0 Å². The van der Waals surface area contributed by atoms with Gasteiger partial charge in [-0.3, -0.25) is 4.79 Å². The molecule has 0 radical (unpaired) electrons. The lowest BCUT2D eigenvalue weighted by Crippen LogP contribution is -2.46. The first kappa shape index (κ1) is 20.5. The molecule has 1 unspecified atom stereocenters. The normalized spacial score (nSPS) is 18.8. The Morgan fingerprint density at radius 3 is 2.12 bits per heavy atom. The highest BCUT2D eigenvalue weighted by atomic mass is 16.5. The third kappa shape index (κ3) is 4.07. The summed E-state index contributed by atoms with van der Waals surface area (Å²) in [5.41, 5.74) is 3.97. The Bertz CT molecular complexity index is 1030. The third-order valence-electron chi connectivity index (χ3n) is 6.74. The second-order valence-corrected chi connectivity index (χ2v) is 9.13. The van der Waals surface area contributed by atoms with Crippen LogP contribution < -0.4 is 10.6 Å². The fraction of sp³-hybridized carbons (Fsp3) is 0.400. The molecule has 2 saturated carbocycles. The number of carboxylic acids is 1. The number of fused-ring (bicyclic) bond motifs is 3. The molecule has 7 heteroatoms. The quantitative estimate of drug-likeness (QED) is 0.590. The van der Waals surface area contributed by atoms with E-state index in [1.54, 1.807) is 0 Å². The molecular weight excluding hydrogens is 408 g/mol. The Labute approximate surface area is 186 Å². The molecule has 0 aromatic heterocycles. The van der Waals surface area contributed by atoms with Gasteiger partial charge in [-0.15, -0.1) is 0 Å². The van der Waals surface area contributed by atoms with Gasteiger partial charge >= 0.3 is 12.1 Å². The van der Waals surface area contributed by atoms with Gasteiger partial charge in [-0.1, -0.05) is 48.5 Å². The molecule has 0 bridgehead atoms. The van der Waals surface area contributed by atoms with Gasteiger partial charge in [0.1, 0.15) is 12.6 Å². The minimum atomic E-state index is -1.00. The molecule has 2 amide bonds. The maximum atomic E-state index is 12.6. The van der Waals surface area contributed by atoms with E-state index in [9.17, 15) is 19.5 Å². The van der Waals surface area contributed by atoms with Gasteiger partial charge in [0, 0.05) is 12.3 Å². The lowest BCUT2D eigenvalue weighted by atomic mass is 9.98. The summed E-state index contributed by atoms with van der Waals surface area (Å²) in [4.78, 5) is 36.3. The van der Waals surface area contributed by atoms with Crippen LogP contribution in [-0.2, 0) is 14.3 Å². The largest absolute Gasteiger partial charge is 0.480 e. The molecule has 7 nitrogen and oxygen atoms in total. The average molecular weight is 434 g/mol. The van der Waals surface area contributed by atoms with Gasteiger partial charge in [0.05, 0.1) is 5.54 Å². The number of benzene rings is 2. The van der Waals surface area contributed by atoms with E-state index < -0.39 is 23.6 Å².